The van der Waals surface area contributed by atoms with Crippen LogP contribution < -0.4 is 0 Å². The van der Waals surface area contributed by atoms with E-state index in [9.17, 15) is 4.79 Å². The molecule has 1 aromatic heterocycles. The zero-order chi connectivity index (χ0) is 13.1. The van der Waals surface area contributed by atoms with Crippen molar-refractivity contribution in [2.45, 2.75) is 32.9 Å². The third-order valence-corrected chi connectivity index (χ3v) is 3.37. The zero-order valence-electron chi connectivity index (χ0n) is 11.3. The molecule has 0 N–H and O–H groups in total. The number of methoxy groups -OCH3 is 1. The van der Waals surface area contributed by atoms with E-state index in [-0.39, 0.29) is 18.6 Å². The van der Waals surface area contributed by atoms with Crippen LogP contribution in [0.2, 0.25) is 0 Å². The highest BCUT2D eigenvalue weighted by molar-refractivity contribution is 5.78. The minimum Gasteiger partial charge on any atom is -0.375 e. The number of hydrogen-bond acceptors (Lipinski definition) is 3. The van der Waals surface area contributed by atoms with Gasteiger partial charge in [-0.3, -0.25) is 4.79 Å². The van der Waals surface area contributed by atoms with Crippen molar-refractivity contribution in [1.82, 2.24) is 14.5 Å². The second-order valence-corrected chi connectivity index (χ2v) is 5.04. The van der Waals surface area contributed by atoms with Crippen LogP contribution in [0.15, 0.2) is 12.4 Å². The monoisotopic (exact) mass is 251 g/mol. The van der Waals surface area contributed by atoms with Gasteiger partial charge in [-0.15, -0.1) is 0 Å². The third-order valence-electron chi connectivity index (χ3n) is 3.37. The predicted octanol–water partition coefficient (Wildman–Crippen LogP) is 1.46. The van der Waals surface area contributed by atoms with Crippen LogP contribution in [-0.2, 0) is 16.1 Å². The van der Waals surface area contributed by atoms with Crippen LogP contribution in [0.4, 0.5) is 0 Å². The van der Waals surface area contributed by atoms with Crippen molar-refractivity contribution < 1.29 is 9.53 Å². The van der Waals surface area contributed by atoms with E-state index in [0.29, 0.717) is 5.92 Å². The van der Waals surface area contributed by atoms with Crippen LogP contribution in [0.1, 0.15) is 32.1 Å². The van der Waals surface area contributed by atoms with E-state index < -0.39 is 0 Å². The first-order valence-electron chi connectivity index (χ1n) is 6.44. The molecule has 0 radical (unpaired) electrons. The lowest BCUT2D eigenvalue weighted by atomic mass is 10.0. The Labute approximate surface area is 108 Å². The van der Waals surface area contributed by atoms with E-state index in [4.69, 9.17) is 4.74 Å². The second-order valence-electron chi connectivity index (χ2n) is 5.04. The normalized spacial score (nSPS) is 19.8. The molecule has 1 aliphatic rings. The van der Waals surface area contributed by atoms with Crippen molar-refractivity contribution in [3.63, 3.8) is 0 Å². The Morgan fingerprint density at radius 3 is 3.00 bits per heavy atom. The van der Waals surface area contributed by atoms with Crippen LogP contribution in [0, 0.1) is 5.92 Å². The number of carbonyl (C=O) groups excluding carboxylic acids is 1. The number of imidazole rings is 1. The second kappa shape index (κ2) is 5.52. The maximum Gasteiger partial charge on any atom is 0.249 e. The van der Waals surface area contributed by atoms with Crippen LogP contribution in [0.3, 0.4) is 0 Å². The van der Waals surface area contributed by atoms with Crippen molar-refractivity contribution >= 4 is 5.91 Å². The Bertz CT molecular complexity index is 414. The Morgan fingerprint density at radius 1 is 1.56 bits per heavy atom. The van der Waals surface area contributed by atoms with Crippen LogP contribution in [-0.4, -0.2) is 40.6 Å². The molecule has 1 atom stereocenters. The molecule has 1 amide bonds. The molecule has 5 heteroatoms. The van der Waals surface area contributed by atoms with Gasteiger partial charge >= 0.3 is 0 Å². The number of aromatic nitrogens is 2. The number of aryl methyl sites for hydroxylation is 1. The maximum absolute atomic E-state index is 12.2. The van der Waals surface area contributed by atoms with E-state index in [2.05, 4.69) is 23.4 Å². The maximum atomic E-state index is 12.2. The Balaban J connectivity index is 2.32. The summed E-state index contributed by atoms with van der Waals surface area (Å²) in [7, 11) is 1.56. The molecule has 0 aliphatic carbocycles. The fraction of sp³-hybridized carbons (Fsp3) is 0.692. The smallest absolute Gasteiger partial charge is 0.249 e. The van der Waals surface area contributed by atoms with Crippen molar-refractivity contribution in [1.29, 1.82) is 0 Å². The first-order valence-corrected chi connectivity index (χ1v) is 6.44. The molecular weight excluding hydrogens is 230 g/mol. The Hall–Kier alpha value is -1.36. The third kappa shape index (κ3) is 2.41. The van der Waals surface area contributed by atoms with Crippen LogP contribution >= 0.6 is 0 Å². The average molecular weight is 251 g/mol. The summed E-state index contributed by atoms with van der Waals surface area (Å²) in [6, 6.07) is 0.0464. The van der Waals surface area contributed by atoms with Crippen molar-refractivity contribution in [2.75, 3.05) is 20.3 Å². The molecule has 1 aromatic rings. The number of hydrogen-bond donors (Lipinski definition) is 0. The summed E-state index contributed by atoms with van der Waals surface area (Å²) in [6.45, 7) is 6.10. The van der Waals surface area contributed by atoms with Gasteiger partial charge < -0.3 is 14.2 Å². The largest absolute Gasteiger partial charge is 0.375 e. The van der Waals surface area contributed by atoms with Gasteiger partial charge in [0.15, 0.2) is 0 Å². The molecule has 1 aliphatic heterocycles. The molecule has 0 spiro atoms. The molecule has 0 aromatic carbocycles. The van der Waals surface area contributed by atoms with Crippen molar-refractivity contribution in [2.24, 2.45) is 5.92 Å². The van der Waals surface area contributed by atoms with E-state index in [0.717, 1.165) is 25.3 Å². The van der Waals surface area contributed by atoms with Crippen molar-refractivity contribution in [3.8, 4) is 0 Å². The summed E-state index contributed by atoms with van der Waals surface area (Å²) in [4.78, 5) is 18.5. The van der Waals surface area contributed by atoms with Gasteiger partial charge in [0.2, 0.25) is 5.91 Å². The summed E-state index contributed by atoms with van der Waals surface area (Å²) in [5, 5.41) is 0. The molecular formula is C13H21N3O2. The summed E-state index contributed by atoms with van der Waals surface area (Å²) < 4.78 is 7.13. The predicted molar refractivity (Wildman–Crippen MR) is 68.0 cm³/mol. The lowest BCUT2D eigenvalue weighted by Crippen LogP contribution is -2.39. The molecule has 100 valence electrons. The highest BCUT2D eigenvalue weighted by Gasteiger charge is 2.32. The summed E-state index contributed by atoms with van der Waals surface area (Å²) >= 11 is 0. The highest BCUT2D eigenvalue weighted by Crippen LogP contribution is 2.30. The lowest BCUT2D eigenvalue weighted by molar-refractivity contribution is -0.138. The number of carbonyl (C=O) groups is 1. The molecule has 0 bridgehead atoms. The van der Waals surface area contributed by atoms with Crippen LogP contribution in [0.25, 0.3) is 0 Å². The number of ether oxygens (including phenoxy) is 1. The first kappa shape index (κ1) is 13.1. The Kier molecular flexibility index (Phi) is 4.01. The minimum atomic E-state index is 0.0464. The number of fused-ring (bicyclic) bond motifs is 1. The molecule has 0 saturated carbocycles. The van der Waals surface area contributed by atoms with Gasteiger partial charge in [-0.25, -0.2) is 4.98 Å². The number of nitrogens with zero attached hydrogens (tertiary/aromatic N) is 3. The highest BCUT2D eigenvalue weighted by atomic mass is 16.5. The van der Waals surface area contributed by atoms with Gasteiger partial charge in [0.25, 0.3) is 0 Å². The molecule has 2 rings (SSSR count). The van der Waals surface area contributed by atoms with Gasteiger partial charge in [-0.2, -0.15) is 0 Å². The SMILES string of the molecule is COCC(=O)N1CCCn2ccnc2C1C(C)C. The van der Waals surface area contributed by atoms with E-state index in [1.54, 1.807) is 7.11 Å². The lowest BCUT2D eigenvalue weighted by Gasteiger charge is -2.32. The summed E-state index contributed by atoms with van der Waals surface area (Å²) in [6.07, 6.45) is 4.77. The molecule has 2 heterocycles. The van der Waals surface area contributed by atoms with Gasteiger partial charge in [-0.1, -0.05) is 13.8 Å². The quantitative estimate of drug-likeness (QED) is 0.817. The van der Waals surface area contributed by atoms with Crippen LogP contribution in [0.5, 0.6) is 0 Å². The molecule has 0 fully saturated rings. The number of rotatable bonds is 3. The fourth-order valence-corrected chi connectivity index (χ4v) is 2.61. The van der Waals surface area contributed by atoms with Gasteiger partial charge in [0, 0.05) is 32.6 Å². The molecule has 18 heavy (non-hydrogen) atoms. The van der Waals surface area contributed by atoms with Gasteiger partial charge in [-0.05, 0) is 12.3 Å². The van der Waals surface area contributed by atoms with E-state index >= 15 is 0 Å². The molecule has 0 saturated heterocycles. The first-order chi connectivity index (χ1) is 8.65. The minimum absolute atomic E-state index is 0.0464. The summed E-state index contributed by atoms with van der Waals surface area (Å²) in [5.74, 6) is 1.38. The summed E-state index contributed by atoms with van der Waals surface area (Å²) in [5.41, 5.74) is 0. The van der Waals surface area contributed by atoms with E-state index in [1.807, 2.05) is 17.3 Å². The standard InChI is InChI=1S/C13H21N3O2/c1-10(2)12-13-14-5-8-15(13)6-4-7-16(12)11(17)9-18-3/h5,8,10,12H,4,6-7,9H2,1-3H3. The fourth-order valence-electron chi connectivity index (χ4n) is 2.61. The van der Waals surface area contributed by atoms with Gasteiger partial charge in [0.1, 0.15) is 12.4 Å². The number of amides is 1. The van der Waals surface area contributed by atoms with E-state index in [1.165, 1.54) is 0 Å². The van der Waals surface area contributed by atoms with Crippen molar-refractivity contribution in [3.05, 3.63) is 18.2 Å². The average Bonchev–Trinajstić information content (AvgIpc) is 2.68. The van der Waals surface area contributed by atoms with Gasteiger partial charge in [0.05, 0.1) is 6.04 Å². The zero-order valence-corrected chi connectivity index (χ0v) is 11.3. The topological polar surface area (TPSA) is 47.4 Å². The molecule has 1 unspecified atom stereocenters. The molecule has 5 nitrogen and oxygen atoms in total. The Morgan fingerprint density at radius 2 is 2.33 bits per heavy atom.